The van der Waals surface area contributed by atoms with E-state index in [-0.39, 0.29) is 11.9 Å². The van der Waals surface area contributed by atoms with Gasteiger partial charge in [-0.1, -0.05) is 17.7 Å². The predicted molar refractivity (Wildman–Crippen MR) is 85.7 cm³/mol. The van der Waals surface area contributed by atoms with E-state index in [4.69, 9.17) is 10.5 Å². The first kappa shape index (κ1) is 15.9. The van der Waals surface area contributed by atoms with Gasteiger partial charge >= 0.3 is 0 Å². The number of hydrogen-bond donors (Lipinski definition) is 1. The van der Waals surface area contributed by atoms with E-state index in [0.717, 1.165) is 5.75 Å². The normalized spacial score (nSPS) is 12.0. The van der Waals surface area contributed by atoms with Crippen LogP contribution in [0.5, 0.6) is 5.75 Å². The number of rotatable bonds is 6. The second-order valence-corrected chi connectivity index (χ2v) is 5.35. The largest absolute Gasteiger partial charge is 0.492 e. The summed E-state index contributed by atoms with van der Waals surface area (Å²) in [5.74, 6) is 0.773. The number of benzene rings is 1. The molecule has 0 saturated heterocycles. The van der Waals surface area contributed by atoms with Crippen molar-refractivity contribution in [3.8, 4) is 5.75 Å². The summed E-state index contributed by atoms with van der Waals surface area (Å²) in [6, 6.07) is 7.45. The maximum Gasteiger partial charge on any atom is 0.247 e. The van der Waals surface area contributed by atoms with Crippen LogP contribution in [0.1, 0.15) is 18.5 Å². The quantitative estimate of drug-likeness (QED) is 0.884. The molecule has 0 aliphatic heterocycles. The zero-order valence-corrected chi connectivity index (χ0v) is 13.2. The van der Waals surface area contributed by atoms with Crippen molar-refractivity contribution in [2.24, 2.45) is 0 Å². The molecule has 0 spiro atoms. The first-order valence-corrected chi connectivity index (χ1v) is 7.21. The average molecular weight is 302 g/mol. The molecule has 1 aromatic carbocycles. The van der Waals surface area contributed by atoms with Gasteiger partial charge in [0.1, 0.15) is 18.4 Å². The van der Waals surface area contributed by atoms with Crippen LogP contribution in [0.4, 0.5) is 5.69 Å². The Balaban J connectivity index is 1.82. The highest BCUT2D eigenvalue weighted by molar-refractivity contribution is 5.79. The van der Waals surface area contributed by atoms with Gasteiger partial charge in [-0.05, 0) is 26.0 Å². The van der Waals surface area contributed by atoms with Crippen molar-refractivity contribution in [1.82, 2.24) is 14.7 Å². The van der Waals surface area contributed by atoms with E-state index in [9.17, 15) is 4.79 Å². The lowest BCUT2D eigenvalue weighted by molar-refractivity contribution is -0.133. The minimum atomic E-state index is -0.387. The van der Waals surface area contributed by atoms with Crippen LogP contribution in [-0.4, -0.2) is 40.8 Å². The van der Waals surface area contributed by atoms with E-state index in [0.29, 0.717) is 18.8 Å². The lowest BCUT2D eigenvalue weighted by Gasteiger charge is -2.21. The highest BCUT2D eigenvalue weighted by atomic mass is 16.5. The molecule has 2 aromatic rings. The second-order valence-electron chi connectivity index (χ2n) is 5.35. The van der Waals surface area contributed by atoms with Crippen molar-refractivity contribution in [2.75, 3.05) is 25.9 Å². The number of nitrogen functional groups attached to an aromatic ring is 1. The van der Waals surface area contributed by atoms with Crippen LogP contribution >= 0.6 is 0 Å². The van der Waals surface area contributed by atoms with E-state index < -0.39 is 0 Å². The Morgan fingerprint density at radius 1 is 1.41 bits per heavy atom. The molecule has 0 aliphatic carbocycles. The lowest BCUT2D eigenvalue weighted by atomic mass is 10.2. The number of amides is 1. The van der Waals surface area contributed by atoms with Crippen LogP contribution in [0, 0.1) is 6.92 Å². The molecule has 0 saturated carbocycles. The molecule has 2 N–H and O–H groups in total. The Labute approximate surface area is 130 Å². The van der Waals surface area contributed by atoms with Gasteiger partial charge < -0.3 is 15.4 Å². The van der Waals surface area contributed by atoms with Crippen LogP contribution in [0.2, 0.25) is 0 Å². The summed E-state index contributed by atoms with van der Waals surface area (Å²) >= 11 is 0. The van der Waals surface area contributed by atoms with Crippen molar-refractivity contribution in [2.45, 2.75) is 19.9 Å². The van der Waals surface area contributed by atoms with Crippen LogP contribution in [0.25, 0.3) is 0 Å². The summed E-state index contributed by atoms with van der Waals surface area (Å²) in [5.41, 5.74) is 7.35. The number of ether oxygens (including phenoxy) is 1. The summed E-state index contributed by atoms with van der Waals surface area (Å²) in [7, 11) is 1.75. The first-order chi connectivity index (χ1) is 10.5. The molecule has 1 atom stereocenters. The lowest BCUT2D eigenvalue weighted by Crippen LogP contribution is -2.36. The second kappa shape index (κ2) is 6.98. The van der Waals surface area contributed by atoms with E-state index in [1.165, 1.54) is 11.8 Å². The Morgan fingerprint density at radius 2 is 2.09 bits per heavy atom. The van der Waals surface area contributed by atoms with Crippen molar-refractivity contribution >= 4 is 11.6 Å². The highest BCUT2D eigenvalue weighted by Gasteiger charge is 2.19. The highest BCUT2D eigenvalue weighted by Crippen LogP contribution is 2.12. The Hall–Kier alpha value is -2.50. The number of nitrogens with zero attached hydrogens (tertiary/aromatic N) is 3. The van der Waals surface area contributed by atoms with Crippen molar-refractivity contribution in [3.63, 3.8) is 0 Å². The van der Waals surface area contributed by atoms with E-state index in [1.807, 2.05) is 31.2 Å². The third-order valence-corrected chi connectivity index (χ3v) is 3.47. The van der Waals surface area contributed by atoms with E-state index in [2.05, 4.69) is 5.10 Å². The van der Waals surface area contributed by atoms with Crippen molar-refractivity contribution in [1.29, 1.82) is 0 Å². The number of carbonyl (C=O) groups excluding carboxylic acids is 1. The third-order valence-electron chi connectivity index (χ3n) is 3.47. The molecular weight excluding hydrogens is 280 g/mol. The smallest absolute Gasteiger partial charge is 0.247 e. The number of aromatic nitrogens is 2. The molecule has 1 amide bonds. The van der Waals surface area contributed by atoms with E-state index in [1.54, 1.807) is 29.7 Å². The molecule has 1 heterocycles. The number of anilines is 1. The molecule has 118 valence electrons. The fraction of sp³-hybridized carbons (Fsp3) is 0.375. The fourth-order valence-electron chi connectivity index (χ4n) is 2.04. The number of likely N-dealkylation sites (N-methyl/N-ethyl adjacent to an activating group) is 1. The maximum absolute atomic E-state index is 12.3. The predicted octanol–water partition coefficient (Wildman–Crippen LogP) is 1.87. The number of carbonyl (C=O) groups is 1. The Morgan fingerprint density at radius 3 is 2.68 bits per heavy atom. The van der Waals surface area contributed by atoms with Crippen LogP contribution < -0.4 is 10.5 Å². The zero-order valence-electron chi connectivity index (χ0n) is 13.2. The SMILES string of the molecule is Cc1ccc(OCCN(C)C(=O)C(C)n2cc(N)cn2)cc1. The molecule has 1 aromatic heterocycles. The summed E-state index contributed by atoms with van der Waals surface area (Å²) in [6.07, 6.45) is 3.18. The molecule has 0 radical (unpaired) electrons. The van der Waals surface area contributed by atoms with Gasteiger partial charge in [0.25, 0.3) is 0 Å². The van der Waals surface area contributed by atoms with Crippen LogP contribution in [0.15, 0.2) is 36.7 Å². The van der Waals surface area contributed by atoms with Gasteiger partial charge in [-0.25, -0.2) is 0 Å². The van der Waals surface area contributed by atoms with Crippen molar-refractivity contribution in [3.05, 3.63) is 42.2 Å². The Bertz CT molecular complexity index is 621. The molecule has 0 fully saturated rings. The minimum absolute atomic E-state index is 0.0318. The molecule has 1 unspecified atom stereocenters. The van der Waals surface area contributed by atoms with Gasteiger partial charge in [0.2, 0.25) is 5.91 Å². The van der Waals surface area contributed by atoms with E-state index >= 15 is 0 Å². The van der Waals surface area contributed by atoms with Gasteiger partial charge in [0.15, 0.2) is 0 Å². The molecule has 6 nitrogen and oxygen atoms in total. The standard InChI is InChI=1S/C16H22N4O2/c1-12-4-6-15(7-5-12)22-9-8-19(3)16(21)13(2)20-11-14(17)10-18-20/h4-7,10-11,13H,8-9,17H2,1-3H3. The van der Waals surface area contributed by atoms with Gasteiger partial charge in [-0.15, -0.1) is 0 Å². The summed E-state index contributed by atoms with van der Waals surface area (Å²) < 4.78 is 7.20. The van der Waals surface area contributed by atoms with Crippen molar-refractivity contribution < 1.29 is 9.53 Å². The number of aryl methyl sites for hydroxylation is 1. The molecule has 0 bridgehead atoms. The number of hydrogen-bond acceptors (Lipinski definition) is 4. The third kappa shape index (κ3) is 4.00. The molecule has 2 rings (SSSR count). The first-order valence-electron chi connectivity index (χ1n) is 7.21. The summed E-state index contributed by atoms with van der Waals surface area (Å²) in [4.78, 5) is 13.9. The summed E-state index contributed by atoms with van der Waals surface area (Å²) in [6.45, 7) is 4.78. The fourth-order valence-corrected chi connectivity index (χ4v) is 2.04. The monoisotopic (exact) mass is 302 g/mol. The molecule has 0 aliphatic rings. The van der Waals surface area contributed by atoms with Gasteiger partial charge in [-0.3, -0.25) is 9.48 Å². The Kier molecular flexibility index (Phi) is 5.04. The zero-order chi connectivity index (χ0) is 16.1. The van der Waals surface area contributed by atoms with Gasteiger partial charge in [-0.2, -0.15) is 5.10 Å². The molecule has 6 heteroatoms. The topological polar surface area (TPSA) is 73.4 Å². The molecule has 22 heavy (non-hydrogen) atoms. The maximum atomic E-state index is 12.3. The van der Waals surface area contributed by atoms with Crippen LogP contribution in [-0.2, 0) is 4.79 Å². The average Bonchev–Trinajstić information content (AvgIpc) is 2.94. The molecular formula is C16H22N4O2. The summed E-state index contributed by atoms with van der Waals surface area (Å²) in [5, 5.41) is 4.07. The number of nitrogens with two attached hydrogens (primary N) is 1. The minimum Gasteiger partial charge on any atom is -0.492 e. The van der Waals surface area contributed by atoms with Gasteiger partial charge in [0, 0.05) is 13.2 Å². The van der Waals surface area contributed by atoms with Crippen LogP contribution in [0.3, 0.4) is 0 Å². The van der Waals surface area contributed by atoms with Gasteiger partial charge in [0.05, 0.1) is 18.4 Å².